The number of carbonyl (C=O) groups excluding carboxylic acids is 1. The highest BCUT2D eigenvalue weighted by Crippen LogP contribution is 2.16. The van der Waals surface area contributed by atoms with Crippen LogP contribution in [0.1, 0.15) is 10.4 Å². The van der Waals surface area contributed by atoms with Gasteiger partial charge in [-0.15, -0.1) is 0 Å². The van der Waals surface area contributed by atoms with Crippen molar-refractivity contribution in [2.45, 2.75) is 0 Å². The predicted octanol–water partition coefficient (Wildman–Crippen LogP) is 0.644. The molecule has 1 aromatic carbocycles. The molecule has 4 nitrogen and oxygen atoms in total. The van der Waals surface area contributed by atoms with Crippen LogP contribution in [-0.4, -0.2) is 33.2 Å². The molecule has 2 N–H and O–H groups in total. The number of benzene rings is 1. The van der Waals surface area contributed by atoms with Gasteiger partial charge < -0.3 is 15.4 Å². The number of ether oxygens (including phenoxy) is 1. The zero-order valence-electron chi connectivity index (χ0n) is 9.04. The lowest BCUT2D eigenvalue weighted by Gasteiger charge is -2.08. The van der Waals surface area contributed by atoms with E-state index >= 15 is 0 Å². The molecule has 4 heteroatoms. The average molecular weight is 208 g/mol. The number of carbonyl (C=O) groups is 1. The summed E-state index contributed by atoms with van der Waals surface area (Å²) in [7, 11) is 3.40. The van der Waals surface area contributed by atoms with Gasteiger partial charge >= 0.3 is 0 Å². The quantitative estimate of drug-likeness (QED) is 0.698. The SMILES string of the molecule is CNCCNC(=O)c1ccccc1OC. The Kier molecular flexibility index (Phi) is 4.63. The summed E-state index contributed by atoms with van der Waals surface area (Å²) >= 11 is 0. The van der Waals surface area contributed by atoms with E-state index in [1.807, 2.05) is 19.2 Å². The molecule has 15 heavy (non-hydrogen) atoms. The lowest BCUT2D eigenvalue weighted by Crippen LogP contribution is -2.30. The van der Waals surface area contributed by atoms with Gasteiger partial charge in [0.25, 0.3) is 5.91 Å². The van der Waals surface area contributed by atoms with E-state index in [1.54, 1.807) is 19.2 Å². The van der Waals surface area contributed by atoms with Crippen molar-refractivity contribution in [3.05, 3.63) is 29.8 Å². The summed E-state index contributed by atoms with van der Waals surface area (Å²) in [4.78, 5) is 11.7. The molecule has 0 saturated carbocycles. The number of hydrogen-bond donors (Lipinski definition) is 2. The zero-order valence-corrected chi connectivity index (χ0v) is 9.04. The predicted molar refractivity (Wildman–Crippen MR) is 59.3 cm³/mol. The van der Waals surface area contributed by atoms with E-state index in [4.69, 9.17) is 4.74 Å². The molecule has 0 aliphatic rings. The second kappa shape index (κ2) is 6.03. The summed E-state index contributed by atoms with van der Waals surface area (Å²) in [6.45, 7) is 1.36. The molecule has 0 spiro atoms. The van der Waals surface area contributed by atoms with Crippen molar-refractivity contribution in [3.63, 3.8) is 0 Å². The van der Waals surface area contributed by atoms with Crippen molar-refractivity contribution in [2.75, 3.05) is 27.2 Å². The molecule has 0 unspecified atom stereocenters. The fourth-order valence-electron chi connectivity index (χ4n) is 1.23. The molecule has 0 aromatic heterocycles. The minimum atomic E-state index is -0.109. The Balaban J connectivity index is 2.64. The van der Waals surface area contributed by atoms with Gasteiger partial charge in [-0.3, -0.25) is 4.79 Å². The standard InChI is InChI=1S/C11H16N2O2/c1-12-7-8-13-11(14)9-5-3-4-6-10(9)15-2/h3-6,12H,7-8H2,1-2H3,(H,13,14). The Labute approximate surface area is 89.6 Å². The van der Waals surface area contributed by atoms with Crippen molar-refractivity contribution < 1.29 is 9.53 Å². The van der Waals surface area contributed by atoms with Crippen LogP contribution in [-0.2, 0) is 0 Å². The highest BCUT2D eigenvalue weighted by atomic mass is 16.5. The van der Waals surface area contributed by atoms with Crippen LogP contribution in [0.4, 0.5) is 0 Å². The monoisotopic (exact) mass is 208 g/mol. The minimum Gasteiger partial charge on any atom is -0.496 e. The molecule has 0 heterocycles. The molecule has 0 atom stereocenters. The molecule has 1 aromatic rings. The van der Waals surface area contributed by atoms with Crippen LogP contribution in [0.5, 0.6) is 5.75 Å². The van der Waals surface area contributed by atoms with Gasteiger partial charge in [-0.1, -0.05) is 12.1 Å². The molecule has 0 bridgehead atoms. The third-order valence-electron chi connectivity index (χ3n) is 2.01. The molecule has 0 radical (unpaired) electrons. The first-order valence-corrected chi connectivity index (χ1v) is 4.85. The lowest BCUT2D eigenvalue weighted by atomic mass is 10.2. The van der Waals surface area contributed by atoms with Crippen molar-refractivity contribution in [1.82, 2.24) is 10.6 Å². The van der Waals surface area contributed by atoms with Crippen LogP contribution in [0.2, 0.25) is 0 Å². The number of nitrogens with one attached hydrogen (secondary N) is 2. The fourth-order valence-corrected chi connectivity index (χ4v) is 1.23. The summed E-state index contributed by atoms with van der Waals surface area (Å²) < 4.78 is 5.10. The van der Waals surface area contributed by atoms with Gasteiger partial charge in [0.05, 0.1) is 12.7 Å². The Hall–Kier alpha value is -1.55. The molecular formula is C11H16N2O2. The van der Waals surface area contributed by atoms with Crippen LogP contribution >= 0.6 is 0 Å². The van der Waals surface area contributed by atoms with E-state index in [0.717, 1.165) is 6.54 Å². The van der Waals surface area contributed by atoms with Gasteiger partial charge in [-0.05, 0) is 19.2 Å². The van der Waals surface area contributed by atoms with Crippen molar-refractivity contribution >= 4 is 5.91 Å². The maximum atomic E-state index is 11.7. The number of likely N-dealkylation sites (N-methyl/N-ethyl adjacent to an activating group) is 1. The van der Waals surface area contributed by atoms with E-state index in [0.29, 0.717) is 17.9 Å². The third-order valence-corrected chi connectivity index (χ3v) is 2.01. The molecule has 1 rings (SSSR count). The number of methoxy groups -OCH3 is 1. The van der Waals surface area contributed by atoms with Crippen LogP contribution in [0.3, 0.4) is 0 Å². The van der Waals surface area contributed by atoms with Crippen molar-refractivity contribution in [3.8, 4) is 5.75 Å². The first kappa shape index (κ1) is 11.5. The highest BCUT2D eigenvalue weighted by Gasteiger charge is 2.09. The van der Waals surface area contributed by atoms with Gasteiger partial charge in [0.2, 0.25) is 0 Å². The van der Waals surface area contributed by atoms with E-state index in [1.165, 1.54) is 0 Å². The molecule has 0 saturated heterocycles. The Morgan fingerprint density at radius 3 is 2.73 bits per heavy atom. The van der Waals surface area contributed by atoms with E-state index in [-0.39, 0.29) is 5.91 Å². The first-order chi connectivity index (χ1) is 7.29. The lowest BCUT2D eigenvalue weighted by molar-refractivity contribution is 0.0951. The Morgan fingerprint density at radius 1 is 1.33 bits per heavy atom. The van der Waals surface area contributed by atoms with Crippen LogP contribution in [0.25, 0.3) is 0 Å². The van der Waals surface area contributed by atoms with Gasteiger partial charge in [0, 0.05) is 13.1 Å². The minimum absolute atomic E-state index is 0.109. The number of hydrogen-bond acceptors (Lipinski definition) is 3. The molecule has 82 valence electrons. The first-order valence-electron chi connectivity index (χ1n) is 4.85. The number of amides is 1. The van der Waals surface area contributed by atoms with E-state index in [2.05, 4.69) is 10.6 Å². The van der Waals surface area contributed by atoms with Gasteiger partial charge in [-0.25, -0.2) is 0 Å². The van der Waals surface area contributed by atoms with Crippen molar-refractivity contribution in [1.29, 1.82) is 0 Å². The van der Waals surface area contributed by atoms with Crippen LogP contribution < -0.4 is 15.4 Å². The summed E-state index contributed by atoms with van der Waals surface area (Å²) in [5, 5.41) is 5.75. The Bertz CT molecular complexity index is 326. The van der Waals surface area contributed by atoms with Crippen molar-refractivity contribution in [2.24, 2.45) is 0 Å². The second-order valence-corrected chi connectivity index (χ2v) is 3.06. The molecule has 0 aliphatic heterocycles. The van der Waals surface area contributed by atoms with Gasteiger partial charge in [-0.2, -0.15) is 0 Å². The van der Waals surface area contributed by atoms with E-state index < -0.39 is 0 Å². The maximum Gasteiger partial charge on any atom is 0.255 e. The topological polar surface area (TPSA) is 50.4 Å². The average Bonchev–Trinajstić information content (AvgIpc) is 2.29. The molecular weight excluding hydrogens is 192 g/mol. The molecule has 1 amide bonds. The van der Waals surface area contributed by atoms with Crippen LogP contribution in [0.15, 0.2) is 24.3 Å². The summed E-state index contributed by atoms with van der Waals surface area (Å²) in [6, 6.07) is 7.17. The van der Waals surface area contributed by atoms with Gasteiger partial charge in [0.1, 0.15) is 5.75 Å². The van der Waals surface area contributed by atoms with E-state index in [9.17, 15) is 4.79 Å². The smallest absolute Gasteiger partial charge is 0.255 e. The normalized spacial score (nSPS) is 9.73. The largest absolute Gasteiger partial charge is 0.496 e. The number of rotatable bonds is 5. The summed E-state index contributed by atoms with van der Waals surface area (Å²) in [6.07, 6.45) is 0. The highest BCUT2D eigenvalue weighted by molar-refractivity contribution is 5.96. The second-order valence-electron chi connectivity index (χ2n) is 3.06. The number of para-hydroxylation sites is 1. The van der Waals surface area contributed by atoms with Gasteiger partial charge in [0.15, 0.2) is 0 Å². The summed E-state index contributed by atoms with van der Waals surface area (Å²) in [5.41, 5.74) is 0.566. The Morgan fingerprint density at radius 2 is 2.07 bits per heavy atom. The maximum absolute atomic E-state index is 11.7. The van der Waals surface area contributed by atoms with Crippen LogP contribution in [0, 0.1) is 0 Å². The summed E-state index contributed by atoms with van der Waals surface area (Å²) in [5.74, 6) is 0.488. The zero-order chi connectivity index (χ0) is 11.1. The molecule has 0 fully saturated rings. The third kappa shape index (κ3) is 3.25. The fraction of sp³-hybridized carbons (Fsp3) is 0.364. The molecule has 0 aliphatic carbocycles.